The molecule has 0 spiro atoms. The molecule has 1 aliphatic rings. The van der Waals surface area contributed by atoms with Crippen molar-refractivity contribution in [1.29, 1.82) is 0 Å². The Hall–Kier alpha value is -3.38. The van der Waals surface area contributed by atoms with Gasteiger partial charge in [0.15, 0.2) is 0 Å². The number of halogens is 1. The predicted octanol–water partition coefficient (Wildman–Crippen LogP) is 4.83. The quantitative estimate of drug-likeness (QED) is 0.495. The van der Waals surface area contributed by atoms with E-state index >= 15 is 4.39 Å². The van der Waals surface area contributed by atoms with Crippen LogP contribution in [-0.2, 0) is 4.79 Å². The third kappa shape index (κ3) is 5.75. The number of nitrogens with zero attached hydrogens (tertiary/aromatic N) is 1. The van der Waals surface area contributed by atoms with Crippen LogP contribution in [-0.4, -0.2) is 44.2 Å². The van der Waals surface area contributed by atoms with Crippen molar-refractivity contribution in [2.45, 2.75) is 18.9 Å². The zero-order valence-corrected chi connectivity index (χ0v) is 19.5. The summed E-state index contributed by atoms with van der Waals surface area (Å²) in [7, 11) is 1.60. The smallest absolute Gasteiger partial charge is 0.226 e. The van der Waals surface area contributed by atoms with E-state index in [2.05, 4.69) is 5.32 Å². The van der Waals surface area contributed by atoms with Crippen molar-refractivity contribution in [2.24, 2.45) is 5.92 Å². The number of nitrogens with one attached hydrogen (secondary N) is 1. The van der Waals surface area contributed by atoms with E-state index in [0.717, 1.165) is 37.2 Å². The summed E-state index contributed by atoms with van der Waals surface area (Å²) in [6.45, 7) is 2.23. The van der Waals surface area contributed by atoms with Crippen LogP contribution in [0.3, 0.4) is 0 Å². The lowest BCUT2D eigenvalue weighted by atomic mass is 9.92. The number of hydrogen-bond donors (Lipinski definition) is 1. The van der Waals surface area contributed by atoms with Gasteiger partial charge in [-0.05, 0) is 61.8 Å². The Morgan fingerprint density at radius 1 is 1.00 bits per heavy atom. The lowest BCUT2D eigenvalue weighted by Crippen LogP contribution is -2.45. The third-order valence-electron chi connectivity index (χ3n) is 6.24. The zero-order chi connectivity index (χ0) is 23.8. The van der Waals surface area contributed by atoms with Gasteiger partial charge in [0.2, 0.25) is 5.91 Å². The molecule has 1 saturated heterocycles. The van der Waals surface area contributed by atoms with Gasteiger partial charge in [-0.3, -0.25) is 4.79 Å². The number of para-hydroxylation sites is 1. The number of benzene rings is 3. The van der Waals surface area contributed by atoms with E-state index in [-0.39, 0.29) is 17.6 Å². The van der Waals surface area contributed by atoms with Crippen molar-refractivity contribution in [1.82, 2.24) is 10.2 Å². The third-order valence-corrected chi connectivity index (χ3v) is 6.24. The molecule has 1 fully saturated rings. The fourth-order valence-corrected chi connectivity index (χ4v) is 4.48. The van der Waals surface area contributed by atoms with Gasteiger partial charge < -0.3 is 19.7 Å². The standard InChI is InChI=1S/C28H31FN2O3/c1-33-24-11-7-8-22(20-24)27(25-12-5-6-13-26(25)29)31(28(32)21-14-16-30-17-15-21)18-19-34-23-9-3-2-4-10-23/h2-13,20-21,27,30H,14-19H2,1H3/t27-/m1/s1. The van der Waals surface area contributed by atoms with Gasteiger partial charge in [-0.15, -0.1) is 0 Å². The Kier molecular flexibility index (Phi) is 8.15. The Balaban J connectivity index is 1.71. The second-order valence-corrected chi connectivity index (χ2v) is 8.42. The van der Waals surface area contributed by atoms with Gasteiger partial charge >= 0.3 is 0 Å². The van der Waals surface area contributed by atoms with Crippen LogP contribution in [0.25, 0.3) is 0 Å². The molecule has 0 aromatic heterocycles. The maximum absolute atomic E-state index is 15.2. The Labute approximate surface area is 200 Å². The highest BCUT2D eigenvalue weighted by Crippen LogP contribution is 2.34. The van der Waals surface area contributed by atoms with Gasteiger partial charge in [0.1, 0.15) is 23.9 Å². The summed E-state index contributed by atoms with van der Waals surface area (Å²) in [5.41, 5.74) is 1.25. The van der Waals surface area contributed by atoms with Crippen LogP contribution >= 0.6 is 0 Å². The van der Waals surface area contributed by atoms with Gasteiger partial charge in [-0.25, -0.2) is 4.39 Å². The van der Waals surface area contributed by atoms with E-state index in [0.29, 0.717) is 24.5 Å². The molecule has 1 atom stereocenters. The molecule has 178 valence electrons. The Morgan fingerprint density at radius 3 is 2.44 bits per heavy atom. The van der Waals surface area contributed by atoms with Gasteiger partial charge in [0, 0.05) is 11.5 Å². The highest BCUT2D eigenvalue weighted by molar-refractivity contribution is 5.80. The Morgan fingerprint density at radius 2 is 1.71 bits per heavy atom. The van der Waals surface area contributed by atoms with Crippen molar-refractivity contribution in [3.05, 3.63) is 95.8 Å². The molecule has 0 bridgehead atoms. The number of ether oxygens (including phenoxy) is 2. The van der Waals surface area contributed by atoms with Crippen molar-refractivity contribution in [3.63, 3.8) is 0 Å². The summed E-state index contributed by atoms with van der Waals surface area (Å²) in [5.74, 6) is 0.962. The largest absolute Gasteiger partial charge is 0.497 e. The molecule has 34 heavy (non-hydrogen) atoms. The Bertz CT molecular complexity index is 1070. The van der Waals surface area contributed by atoms with E-state index in [4.69, 9.17) is 9.47 Å². The highest BCUT2D eigenvalue weighted by Gasteiger charge is 2.33. The monoisotopic (exact) mass is 462 g/mol. The zero-order valence-electron chi connectivity index (χ0n) is 19.5. The van der Waals surface area contributed by atoms with Crippen LogP contribution in [0, 0.1) is 11.7 Å². The first-order valence-corrected chi connectivity index (χ1v) is 11.7. The lowest BCUT2D eigenvalue weighted by Gasteiger charge is -2.36. The maximum atomic E-state index is 15.2. The second-order valence-electron chi connectivity index (χ2n) is 8.42. The minimum Gasteiger partial charge on any atom is -0.497 e. The number of amides is 1. The van der Waals surface area contributed by atoms with Crippen LogP contribution in [0.1, 0.15) is 30.0 Å². The molecule has 5 nitrogen and oxygen atoms in total. The first-order valence-electron chi connectivity index (χ1n) is 11.7. The molecule has 0 aliphatic carbocycles. The molecular weight excluding hydrogens is 431 g/mol. The first kappa shape index (κ1) is 23.8. The van der Waals surface area contributed by atoms with Crippen molar-refractivity contribution >= 4 is 5.91 Å². The summed E-state index contributed by atoms with van der Waals surface area (Å²) in [4.78, 5) is 15.7. The van der Waals surface area contributed by atoms with Gasteiger partial charge in [0.25, 0.3) is 0 Å². The molecule has 6 heteroatoms. The average molecular weight is 463 g/mol. The van der Waals surface area contributed by atoms with Crippen LogP contribution < -0.4 is 14.8 Å². The van der Waals surface area contributed by atoms with Crippen LogP contribution in [0.5, 0.6) is 11.5 Å². The van der Waals surface area contributed by atoms with Crippen LogP contribution in [0.15, 0.2) is 78.9 Å². The molecule has 0 radical (unpaired) electrons. The fraction of sp³-hybridized carbons (Fsp3) is 0.321. The molecule has 3 aromatic rings. The van der Waals surface area contributed by atoms with Gasteiger partial charge in [-0.1, -0.05) is 48.5 Å². The van der Waals surface area contributed by atoms with Crippen LogP contribution in [0.2, 0.25) is 0 Å². The maximum Gasteiger partial charge on any atom is 0.226 e. The normalized spacial score (nSPS) is 14.9. The van der Waals surface area contributed by atoms with E-state index in [1.165, 1.54) is 6.07 Å². The highest BCUT2D eigenvalue weighted by atomic mass is 19.1. The number of methoxy groups -OCH3 is 1. The summed E-state index contributed by atoms with van der Waals surface area (Å²) in [5, 5.41) is 3.32. The molecule has 4 rings (SSSR count). The number of rotatable bonds is 9. The molecule has 1 N–H and O–H groups in total. The molecule has 1 amide bonds. The summed E-state index contributed by atoms with van der Waals surface area (Å²) in [6, 6.07) is 23.1. The van der Waals surface area contributed by atoms with E-state index < -0.39 is 6.04 Å². The molecule has 3 aromatic carbocycles. The van der Waals surface area contributed by atoms with E-state index in [1.807, 2.05) is 54.6 Å². The predicted molar refractivity (Wildman–Crippen MR) is 130 cm³/mol. The van der Waals surface area contributed by atoms with Crippen molar-refractivity contribution < 1.29 is 18.7 Å². The first-order chi connectivity index (χ1) is 16.7. The lowest BCUT2D eigenvalue weighted by molar-refractivity contribution is -0.138. The molecular formula is C28H31FN2O3. The van der Waals surface area contributed by atoms with Gasteiger partial charge in [0.05, 0.1) is 19.7 Å². The SMILES string of the molecule is COc1cccc([C@H](c2ccccc2F)N(CCOc2ccccc2)C(=O)C2CCNCC2)c1. The van der Waals surface area contributed by atoms with Crippen LogP contribution in [0.4, 0.5) is 4.39 Å². The van der Waals surface area contributed by atoms with Crippen molar-refractivity contribution in [2.75, 3.05) is 33.4 Å². The van der Waals surface area contributed by atoms with Gasteiger partial charge in [-0.2, -0.15) is 0 Å². The molecule has 1 heterocycles. The summed E-state index contributed by atoms with van der Waals surface area (Å²) >= 11 is 0. The number of piperidine rings is 1. The molecule has 1 aliphatic heterocycles. The topological polar surface area (TPSA) is 50.8 Å². The minimum absolute atomic E-state index is 0.0224. The van der Waals surface area contributed by atoms with E-state index in [1.54, 1.807) is 30.2 Å². The number of carbonyl (C=O) groups excluding carboxylic acids is 1. The summed E-state index contributed by atoms with van der Waals surface area (Å²) < 4.78 is 26.5. The average Bonchev–Trinajstić information content (AvgIpc) is 2.90. The van der Waals surface area contributed by atoms with Crippen molar-refractivity contribution in [3.8, 4) is 11.5 Å². The number of hydrogen-bond acceptors (Lipinski definition) is 4. The summed E-state index contributed by atoms with van der Waals surface area (Å²) in [6.07, 6.45) is 1.52. The number of carbonyl (C=O) groups is 1. The molecule has 0 saturated carbocycles. The fourth-order valence-electron chi connectivity index (χ4n) is 4.48. The minimum atomic E-state index is -0.599. The second kappa shape index (κ2) is 11.7. The van der Waals surface area contributed by atoms with E-state index in [9.17, 15) is 4.79 Å². The molecule has 0 unspecified atom stereocenters.